The van der Waals surface area contributed by atoms with Gasteiger partial charge in [0.15, 0.2) is 17.7 Å². The number of aryl methyl sites for hydroxylation is 1. The molecule has 20 heavy (non-hydrogen) atoms. The summed E-state index contributed by atoms with van der Waals surface area (Å²) >= 11 is 0. The number of aromatic nitrogens is 1. The van der Waals surface area contributed by atoms with Crippen LogP contribution in [-0.2, 0) is 9.53 Å². The molecule has 0 unspecified atom stereocenters. The molecule has 1 atom stereocenters. The van der Waals surface area contributed by atoms with E-state index >= 15 is 0 Å². The maximum atomic E-state index is 12.2. The second-order valence-electron chi connectivity index (χ2n) is 5.29. The van der Waals surface area contributed by atoms with Gasteiger partial charge in [0.25, 0.3) is 0 Å². The molecule has 1 saturated carbocycles. The first-order valence-electron chi connectivity index (χ1n) is 6.85. The topological polar surface area (TPSA) is 76.2 Å². The summed E-state index contributed by atoms with van der Waals surface area (Å²) in [7, 11) is 0. The lowest BCUT2D eigenvalue weighted by molar-refractivity contribution is -0.129. The van der Waals surface area contributed by atoms with Crippen LogP contribution in [0.3, 0.4) is 0 Å². The molecule has 1 aliphatic rings. The standard InChI is InChI=1S/C15H19NO4/c1-8-13(10(3)17)9(2)16-14(8)15(19)20-12-7-5-4-6-11(12)18/h12,16H,4-7H2,1-3H3/t12-/m0/s1. The molecule has 0 amide bonds. The molecule has 5 nitrogen and oxygen atoms in total. The van der Waals surface area contributed by atoms with Crippen LogP contribution < -0.4 is 0 Å². The van der Waals surface area contributed by atoms with Crippen LogP contribution in [-0.4, -0.2) is 28.6 Å². The summed E-state index contributed by atoms with van der Waals surface area (Å²) in [6.45, 7) is 4.91. The number of aromatic amines is 1. The van der Waals surface area contributed by atoms with Crippen LogP contribution in [0.15, 0.2) is 0 Å². The minimum atomic E-state index is -0.639. The zero-order valence-electron chi connectivity index (χ0n) is 12.0. The summed E-state index contributed by atoms with van der Waals surface area (Å²) < 4.78 is 5.29. The second-order valence-corrected chi connectivity index (χ2v) is 5.29. The maximum Gasteiger partial charge on any atom is 0.355 e. The Kier molecular flexibility index (Phi) is 4.06. The number of ether oxygens (including phenoxy) is 1. The van der Waals surface area contributed by atoms with Crippen molar-refractivity contribution >= 4 is 17.5 Å². The molecular formula is C15H19NO4. The van der Waals surface area contributed by atoms with Crippen LogP contribution >= 0.6 is 0 Å². The lowest BCUT2D eigenvalue weighted by atomic mass is 9.96. The molecular weight excluding hydrogens is 258 g/mol. The van der Waals surface area contributed by atoms with Gasteiger partial charge >= 0.3 is 5.97 Å². The first-order chi connectivity index (χ1) is 9.41. The van der Waals surface area contributed by atoms with Crippen molar-refractivity contribution < 1.29 is 19.1 Å². The molecule has 1 N–H and O–H groups in total. The van der Waals surface area contributed by atoms with Gasteiger partial charge < -0.3 is 9.72 Å². The van der Waals surface area contributed by atoms with E-state index in [1.807, 2.05) is 0 Å². The number of ketones is 2. The lowest BCUT2D eigenvalue weighted by Gasteiger charge is -2.20. The molecule has 0 bridgehead atoms. The van der Waals surface area contributed by atoms with Gasteiger partial charge in [0, 0.05) is 17.7 Å². The number of carbonyl (C=O) groups excluding carboxylic acids is 3. The van der Waals surface area contributed by atoms with Gasteiger partial charge in [-0.25, -0.2) is 4.79 Å². The SMILES string of the molecule is CC(=O)c1c(C)[nH]c(C(=O)O[C@H]2CCCCC2=O)c1C. The van der Waals surface area contributed by atoms with Gasteiger partial charge in [-0.05, 0) is 45.6 Å². The molecule has 1 fully saturated rings. The number of Topliss-reactive ketones (excluding diaryl/α,β-unsaturated/α-hetero) is 2. The third kappa shape index (κ3) is 2.66. The van der Waals surface area contributed by atoms with Gasteiger partial charge in [0.2, 0.25) is 0 Å². The fourth-order valence-corrected chi connectivity index (χ4v) is 2.75. The normalized spacial score (nSPS) is 18.9. The molecule has 1 aromatic rings. The average molecular weight is 277 g/mol. The molecule has 0 radical (unpaired) electrons. The van der Waals surface area contributed by atoms with Crippen molar-refractivity contribution in [2.75, 3.05) is 0 Å². The Hall–Kier alpha value is -1.91. The molecule has 0 aliphatic heterocycles. The highest BCUT2D eigenvalue weighted by molar-refractivity contribution is 6.01. The molecule has 0 saturated heterocycles. The Morgan fingerprint density at radius 1 is 1.25 bits per heavy atom. The van der Waals surface area contributed by atoms with Gasteiger partial charge in [-0.3, -0.25) is 9.59 Å². The Balaban J connectivity index is 2.19. The summed E-state index contributed by atoms with van der Waals surface area (Å²) in [6.07, 6.45) is 2.18. The smallest absolute Gasteiger partial charge is 0.355 e. The van der Waals surface area contributed by atoms with Crippen molar-refractivity contribution in [2.45, 2.75) is 52.6 Å². The number of hydrogen-bond acceptors (Lipinski definition) is 4. The minimum Gasteiger partial charge on any atom is -0.450 e. The summed E-state index contributed by atoms with van der Waals surface area (Å²) in [5, 5.41) is 0. The molecule has 0 spiro atoms. The monoisotopic (exact) mass is 277 g/mol. The van der Waals surface area contributed by atoms with Crippen molar-refractivity contribution in [1.29, 1.82) is 0 Å². The number of esters is 1. The van der Waals surface area contributed by atoms with E-state index < -0.39 is 12.1 Å². The number of hydrogen-bond donors (Lipinski definition) is 1. The van der Waals surface area contributed by atoms with Crippen LogP contribution in [0.25, 0.3) is 0 Å². The van der Waals surface area contributed by atoms with Gasteiger partial charge in [-0.2, -0.15) is 0 Å². The second kappa shape index (κ2) is 5.61. The minimum absolute atomic E-state index is 0.0164. The first kappa shape index (κ1) is 14.5. The van der Waals surface area contributed by atoms with Gasteiger partial charge in [-0.15, -0.1) is 0 Å². The van der Waals surface area contributed by atoms with E-state index in [0.29, 0.717) is 29.7 Å². The molecule has 0 aromatic carbocycles. The molecule has 108 valence electrons. The average Bonchev–Trinajstić information content (AvgIpc) is 2.67. The van der Waals surface area contributed by atoms with Crippen molar-refractivity contribution in [3.63, 3.8) is 0 Å². The number of nitrogens with one attached hydrogen (secondary N) is 1. The maximum absolute atomic E-state index is 12.2. The van der Waals surface area contributed by atoms with Gasteiger partial charge in [0.05, 0.1) is 0 Å². The van der Waals surface area contributed by atoms with Crippen LogP contribution in [0.5, 0.6) is 0 Å². The van der Waals surface area contributed by atoms with Crippen molar-refractivity contribution in [3.05, 3.63) is 22.5 Å². The highest BCUT2D eigenvalue weighted by Crippen LogP contribution is 2.22. The van der Waals surface area contributed by atoms with Crippen molar-refractivity contribution in [2.24, 2.45) is 0 Å². The fraction of sp³-hybridized carbons (Fsp3) is 0.533. The third-order valence-corrected chi connectivity index (χ3v) is 3.74. The zero-order chi connectivity index (χ0) is 14.9. The van der Waals surface area contributed by atoms with Gasteiger partial charge in [0.1, 0.15) is 5.69 Å². The molecule has 5 heteroatoms. The number of H-pyrrole nitrogens is 1. The quantitative estimate of drug-likeness (QED) is 0.680. The van der Waals surface area contributed by atoms with E-state index in [0.717, 1.165) is 12.8 Å². The van der Waals surface area contributed by atoms with Gasteiger partial charge in [-0.1, -0.05) is 0 Å². The molecule has 1 heterocycles. The summed E-state index contributed by atoms with van der Waals surface area (Å²) in [6, 6.07) is 0. The lowest BCUT2D eigenvalue weighted by Crippen LogP contribution is -2.30. The highest BCUT2D eigenvalue weighted by atomic mass is 16.5. The summed E-state index contributed by atoms with van der Waals surface area (Å²) in [4.78, 5) is 38.3. The molecule has 1 aliphatic carbocycles. The Labute approximate surface area is 117 Å². The Morgan fingerprint density at radius 2 is 1.95 bits per heavy atom. The fourth-order valence-electron chi connectivity index (χ4n) is 2.75. The number of carbonyl (C=O) groups is 3. The van der Waals surface area contributed by atoms with E-state index in [2.05, 4.69) is 4.98 Å². The summed E-state index contributed by atoms with van der Waals surface area (Å²) in [5.41, 5.74) is 2.03. The Bertz CT molecular complexity index is 571. The van der Waals surface area contributed by atoms with Crippen LogP contribution in [0.1, 0.15) is 64.7 Å². The van der Waals surface area contributed by atoms with E-state index in [4.69, 9.17) is 4.74 Å². The van der Waals surface area contributed by atoms with Crippen LogP contribution in [0.4, 0.5) is 0 Å². The van der Waals surface area contributed by atoms with E-state index in [-0.39, 0.29) is 17.3 Å². The molecule has 2 rings (SSSR count). The number of rotatable bonds is 3. The summed E-state index contributed by atoms with van der Waals surface area (Å²) in [5.74, 6) is -0.667. The highest BCUT2D eigenvalue weighted by Gasteiger charge is 2.28. The predicted molar refractivity (Wildman–Crippen MR) is 72.9 cm³/mol. The van der Waals surface area contributed by atoms with E-state index in [1.54, 1.807) is 13.8 Å². The van der Waals surface area contributed by atoms with E-state index in [9.17, 15) is 14.4 Å². The van der Waals surface area contributed by atoms with Crippen LogP contribution in [0.2, 0.25) is 0 Å². The van der Waals surface area contributed by atoms with Crippen LogP contribution in [0, 0.1) is 13.8 Å². The zero-order valence-corrected chi connectivity index (χ0v) is 12.0. The Morgan fingerprint density at radius 3 is 2.50 bits per heavy atom. The third-order valence-electron chi connectivity index (χ3n) is 3.74. The van der Waals surface area contributed by atoms with E-state index in [1.165, 1.54) is 6.92 Å². The van der Waals surface area contributed by atoms with Crippen molar-refractivity contribution in [1.82, 2.24) is 4.98 Å². The molecule has 1 aromatic heterocycles. The van der Waals surface area contributed by atoms with Crippen molar-refractivity contribution in [3.8, 4) is 0 Å². The first-order valence-corrected chi connectivity index (χ1v) is 6.85. The predicted octanol–water partition coefficient (Wildman–Crippen LogP) is 2.50. The largest absolute Gasteiger partial charge is 0.450 e.